The lowest BCUT2D eigenvalue weighted by Gasteiger charge is -2.32. The van der Waals surface area contributed by atoms with E-state index in [0.29, 0.717) is 5.69 Å². The molecule has 0 unspecified atom stereocenters. The second kappa shape index (κ2) is 8.79. The number of para-hydroxylation sites is 1. The van der Waals surface area contributed by atoms with Crippen molar-refractivity contribution in [3.8, 4) is 5.69 Å². The minimum absolute atomic E-state index is 0.103. The van der Waals surface area contributed by atoms with Crippen molar-refractivity contribution in [3.63, 3.8) is 0 Å². The molecule has 0 aliphatic carbocycles. The van der Waals surface area contributed by atoms with E-state index in [4.69, 9.17) is 0 Å². The number of nitrogens with zero attached hydrogens (tertiary/aromatic N) is 4. The van der Waals surface area contributed by atoms with Gasteiger partial charge in [0, 0.05) is 44.1 Å². The van der Waals surface area contributed by atoms with Gasteiger partial charge >= 0.3 is 0 Å². The van der Waals surface area contributed by atoms with E-state index in [9.17, 15) is 9.59 Å². The summed E-state index contributed by atoms with van der Waals surface area (Å²) < 4.78 is 1.26. The highest BCUT2D eigenvalue weighted by Crippen LogP contribution is 2.14. The van der Waals surface area contributed by atoms with Gasteiger partial charge in [-0.3, -0.25) is 19.5 Å². The van der Waals surface area contributed by atoms with Gasteiger partial charge in [0.05, 0.1) is 5.69 Å². The van der Waals surface area contributed by atoms with Crippen molar-refractivity contribution in [3.05, 3.63) is 88.6 Å². The molecular formula is C22H23N5O2. The third-order valence-corrected chi connectivity index (χ3v) is 5.09. The molecule has 1 aliphatic heterocycles. The van der Waals surface area contributed by atoms with Gasteiger partial charge in [0.15, 0.2) is 0 Å². The summed E-state index contributed by atoms with van der Waals surface area (Å²) in [5, 5.41) is 7.32. The first-order valence-corrected chi connectivity index (χ1v) is 9.77. The molecule has 1 N–H and O–H groups in total. The van der Waals surface area contributed by atoms with Gasteiger partial charge in [-0.05, 0) is 42.7 Å². The van der Waals surface area contributed by atoms with Crippen molar-refractivity contribution in [1.29, 1.82) is 0 Å². The van der Waals surface area contributed by atoms with Gasteiger partial charge in [0.1, 0.15) is 5.69 Å². The number of benzene rings is 1. The summed E-state index contributed by atoms with van der Waals surface area (Å²) in [6, 6.07) is 16.1. The number of carbonyl (C=O) groups excluding carboxylic acids is 1. The number of nitrogens with one attached hydrogen (secondary N) is 1. The first kappa shape index (κ1) is 19.0. The molecule has 1 amide bonds. The Balaban J connectivity index is 1.36. The van der Waals surface area contributed by atoms with Crippen molar-refractivity contribution in [1.82, 2.24) is 25.0 Å². The molecule has 1 saturated heterocycles. The Hall–Kier alpha value is -3.32. The maximum Gasteiger partial charge on any atom is 0.271 e. The van der Waals surface area contributed by atoms with E-state index >= 15 is 0 Å². The molecule has 0 bridgehead atoms. The molecule has 3 aromatic rings. The van der Waals surface area contributed by atoms with Crippen LogP contribution in [0.2, 0.25) is 0 Å². The minimum Gasteiger partial charge on any atom is -0.348 e. The summed E-state index contributed by atoms with van der Waals surface area (Å²) in [7, 11) is 0. The number of rotatable bonds is 5. The Labute approximate surface area is 169 Å². The third-order valence-electron chi connectivity index (χ3n) is 5.09. The van der Waals surface area contributed by atoms with Gasteiger partial charge in [-0.25, -0.2) is 0 Å². The van der Waals surface area contributed by atoms with Crippen molar-refractivity contribution >= 4 is 5.91 Å². The molecule has 0 saturated carbocycles. The summed E-state index contributed by atoms with van der Waals surface area (Å²) in [5.74, 6) is -0.250. The van der Waals surface area contributed by atoms with Crippen LogP contribution in [-0.2, 0) is 6.54 Å². The number of aromatic nitrogens is 3. The molecule has 7 nitrogen and oxygen atoms in total. The van der Waals surface area contributed by atoms with E-state index in [0.717, 1.165) is 32.5 Å². The van der Waals surface area contributed by atoms with E-state index in [1.165, 1.54) is 22.4 Å². The Morgan fingerprint density at radius 2 is 1.83 bits per heavy atom. The van der Waals surface area contributed by atoms with Crippen LogP contribution >= 0.6 is 0 Å². The van der Waals surface area contributed by atoms with Crippen LogP contribution in [0.3, 0.4) is 0 Å². The van der Waals surface area contributed by atoms with Gasteiger partial charge < -0.3 is 5.32 Å². The van der Waals surface area contributed by atoms with Crippen molar-refractivity contribution in [2.45, 2.75) is 25.4 Å². The summed E-state index contributed by atoms with van der Waals surface area (Å²) in [6.07, 6.45) is 5.43. The number of amides is 1. The average Bonchev–Trinajstić information content (AvgIpc) is 2.77. The van der Waals surface area contributed by atoms with Crippen molar-refractivity contribution < 1.29 is 4.79 Å². The highest BCUT2D eigenvalue weighted by molar-refractivity contribution is 5.92. The number of carbonyl (C=O) groups is 1. The zero-order valence-electron chi connectivity index (χ0n) is 16.1. The van der Waals surface area contributed by atoms with E-state index < -0.39 is 0 Å². The number of hydrogen-bond acceptors (Lipinski definition) is 5. The fourth-order valence-corrected chi connectivity index (χ4v) is 3.53. The Morgan fingerprint density at radius 3 is 2.55 bits per heavy atom. The number of piperidine rings is 1. The first-order valence-electron chi connectivity index (χ1n) is 9.77. The quantitative estimate of drug-likeness (QED) is 0.722. The van der Waals surface area contributed by atoms with Crippen LogP contribution in [0.25, 0.3) is 5.69 Å². The van der Waals surface area contributed by atoms with Crippen LogP contribution in [0.4, 0.5) is 0 Å². The van der Waals surface area contributed by atoms with Gasteiger partial charge in [0.2, 0.25) is 0 Å². The number of pyridine rings is 1. The third kappa shape index (κ3) is 4.75. The first-order chi connectivity index (χ1) is 14.2. The second-order valence-corrected chi connectivity index (χ2v) is 7.19. The lowest BCUT2D eigenvalue weighted by Crippen LogP contribution is -2.44. The highest BCUT2D eigenvalue weighted by Gasteiger charge is 2.22. The lowest BCUT2D eigenvalue weighted by molar-refractivity contribution is 0.0902. The zero-order valence-corrected chi connectivity index (χ0v) is 16.1. The Morgan fingerprint density at radius 1 is 1.03 bits per heavy atom. The highest BCUT2D eigenvalue weighted by atomic mass is 16.2. The van der Waals surface area contributed by atoms with E-state index in [1.807, 2.05) is 30.5 Å². The molecule has 0 spiro atoms. The standard InChI is InChI=1S/C22H23N5O2/c28-21-9-8-20(25-27(21)19-6-2-1-3-7-19)22(29)24-18-10-13-26(14-11-18)16-17-5-4-12-23-15-17/h1-9,12,15,18H,10-11,13-14,16H2,(H,24,29). The molecule has 0 atom stereocenters. The van der Waals surface area contributed by atoms with Crippen LogP contribution in [0.1, 0.15) is 28.9 Å². The normalized spacial score (nSPS) is 15.2. The minimum atomic E-state index is -0.267. The summed E-state index contributed by atoms with van der Waals surface area (Å²) >= 11 is 0. The Kier molecular flexibility index (Phi) is 5.76. The van der Waals surface area contributed by atoms with Gasteiger partial charge in [0.25, 0.3) is 11.5 Å². The number of hydrogen-bond donors (Lipinski definition) is 1. The van der Waals surface area contributed by atoms with E-state index in [-0.39, 0.29) is 23.2 Å². The smallest absolute Gasteiger partial charge is 0.271 e. The van der Waals surface area contributed by atoms with Crippen molar-refractivity contribution in [2.24, 2.45) is 0 Å². The van der Waals surface area contributed by atoms with Crippen LogP contribution in [0.15, 0.2) is 71.8 Å². The predicted octanol–water partition coefficient (Wildman–Crippen LogP) is 2.02. The van der Waals surface area contributed by atoms with Crippen LogP contribution in [0, 0.1) is 0 Å². The molecular weight excluding hydrogens is 366 g/mol. The molecule has 1 aromatic carbocycles. The Bertz CT molecular complexity index is 1010. The SMILES string of the molecule is O=C(NC1CCN(Cc2cccnc2)CC1)c1ccc(=O)n(-c2ccccc2)n1. The molecule has 1 fully saturated rings. The van der Waals surface area contributed by atoms with E-state index in [1.54, 1.807) is 18.3 Å². The van der Waals surface area contributed by atoms with Gasteiger partial charge in [-0.2, -0.15) is 9.78 Å². The van der Waals surface area contributed by atoms with Crippen molar-refractivity contribution in [2.75, 3.05) is 13.1 Å². The molecule has 4 rings (SSSR count). The summed E-state index contributed by atoms with van der Waals surface area (Å²) in [5.41, 5.74) is 1.81. The molecule has 148 valence electrons. The lowest BCUT2D eigenvalue weighted by atomic mass is 10.0. The van der Waals surface area contributed by atoms with Crippen LogP contribution in [-0.4, -0.2) is 44.7 Å². The molecule has 2 aromatic heterocycles. The predicted molar refractivity (Wildman–Crippen MR) is 110 cm³/mol. The molecule has 3 heterocycles. The van der Waals surface area contributed by atoms with Gasteiger partial charge in [-0.1, -0.05) is 24.3 Å². The summed E-state index contributed by atoms with van der Waals surface area (Å²) in [4.78, 5) is 31.3. The maximum absolute atomic E-state index is 12.7. The fraction of sp³-hybridized carbons (Fsp3) is 0.273. The van der Waals surface area contributed by atoms with E-state index in [2.05, 4.69) is 26.4 Å². The summed E-state index contributed by atoms with van der Waals surface area (Å²) in [6.45, 7) is 2.70. The largest absolute Gasteiger partial charge is 0.348 e. The maximum atomic E-state index is 12.7. The molecule has 0 radical (unpaired) electrons. The monoisotopic (exact) mass is 389 g/mol. The van der Waals surface area contributed by atoms with Gasteiger partial charge in [-0.15, -0.1) is 0 Å². The average molecular weight is 389 g/mol. The number of likely N-dealkylation sites (tertiary alicyclic amines) is 1. The van der Waals surface area contributed by atoms with Crippen LogP contribution < -0.4 is 10.9 Å². The fourth-order valence-electron chi connectivity index (χ4n) is 3.53. The van der Waals surface area contributed by atoms with Crippen LogP contribution in [0.5, 0.6) is 0 Å². The molecule has 7 heteroatoms. The molecule has 1 aliphatic rings. The molecule has 29 heavy (non-hydrogen) atoms. The second-order valence-electron chi connectivity index (χ2n) is 7.19. The zero-order chi connectivity index (χ0) is 20.1. The topological polar surface area (TPSA) is 80.1 Å².